The van der Waals surface area contributed by atoms with Crippen LogP contribution in [0.3, 0.4) is 0 Å². The molecule has 0 nitrogen and oxygen atoms in total. The normalized spacial score (nSPS) is 41.9. The maximum absolute atomic E-state index is 5.15. The van der Waals surface area contributed by atoms with Gasteiger partial charge in [0.15, 0.2) is 0 Å². The topological polar surface area (TPSA) is 0 Å². The molecule has 1 aliphatic heterocycles. The zero-order valence-corrected chi connectivity index (χ0v) is 6.15. The summed E-state index contributed by atoms with van der Waals surface area (Å²) < 4.78 is 0. The second kappa shape index (κ2) is 2.23. The average Bonchev–Trinajstić information content (AvgIpc) is 1.91. The Bertz CT molecular complexity index is 88.1. The van der Waals surface area contributed by atoms with E-state index >= 15 is 0 Å². The first-order valence-corrected chi connectivity index (χ1v) is 5.06. The molecule has 1 aliphatic rings. The van der Waals surface area contributed by atoms with Gasteiger partial charge in [-0.2, -0.15) is 0 Å². The fourth-order valence-electron chi connectivity index (χ4n) is 0.846. The highest BCUT2D eigenvalue weighted by Crippen LogP contribution is 2.14. The molecule has 2 atom stereocenters. The van der Waals surface area contributed by atoms with Crippen molar-refractivity contribution >= 4 is 20.6 Å². The van der Waals surface area contributed by atoms with E-state index in [2.05, 4.69) is 6.92 Å². The van der Waals surface area contributed by atoms with Gasteiger partial charge in [-0.1, -0.05) is 18.1 Å². The quantitative estimate of drug-likeness (QED) is 0.480. The fraction of sp³-hybridized carbons (Fsp3) is 1.00. The molecule has 1 saturated heterocycles. The monoisotopic (exact) mass is 134 g/mol. The van der Waals surface area contributed by atoms with Gasteiger partial charge < -0.3 is 0 Å². The van der Waals surface area contributed by atoms with E-state index in [9.17, 15) is 0 Å². The molecule has 0 radical (unpaired) electrons. The van der Waals surface area contributed by atoms with E-state index in [0.29, 0.717) is 9.45 Å². The molecule has 1 rings (SSSR count). The first-order chi connectivity index (χ1) is 3.30. The lowest BCUT2D eigenvalue weighted by molar-refractivity contribution is 0.837. The first-order valence-electron chi connectivity index (χ1n) is 2.68. The molecule has 2 heteroatoms. The molecule has 0 bridgehead atoms. The molecule has 1 fully saturated rings. The maximum atomic E-state index is 5.15. The second-order valence-electron chi connectivity index (χ2n) is 2.04. The molecule has 0 aromatic carbocycles. The lowest BCUT2D eigenvalue weighted by atomic mass is 10.3. The van der Waals surface area contributed by atoms with Crippen molar-refractivity contribution in [1.82, 2.24) is 0 Å². The lowest BCUT2D eigenvalue weighted by Crippen LogP contribution is -1.99. The van der Waals surface area contributed by atoms with Gasteiger partial charge >= 0.3 is 0 Å². The van der Waals surface area contributed by atoms with Gasteiger partial charge in [0.2, 0.25) is 0 Å². The summed E-state index contributed by atoms with van der Waals surface area (Å²) in [5.41, 5.74) is 0. The van der Waals surface area contributed by atoms with E-state index in [1.54, 1.807) is 0 Å². The van der Waals surface area contributed by atoms with E-state index in [1.807, 2.05) is 0 Å². The highest BCUT2D eigenvalue weighted by Gasteiger charge is 2.12. The van der Waals surface area contributed by atoms with Crippen LogP contribution in [-0.4, -0.2) is 11.0 Å². The molecule has 0 amide bonds. The largest absolute Gasteiger partial charge is 0.119 e. The van der Waals surface area contributed by atoms with Gasteiger partial charge in [-0.25, -0.2) is 0 Å². The third-order valence-electron chi connectivity index (χ3n) is 1.40. The minimum Gasteiger partial charge on any atom is -0.119 e. The molecule has 0 aromatic rings. The molecular weight excluding hydrogens is 124 g/mol. The van der Waals surface area contributed by atoms with Crippen LogP contribution in [0.15, 0.2) is 0 Å². The van der Waals surface area contributed by atoms with Gasteiger partial charge in [0.05, 0.1) is 0 Å². The molecule has 0 aromatic heterocycles. The zero-order valence-electron chi connectivity index (χ0n) is 4.52. The molecule has 0 N–H and O–H groups in total. The molecule has 1 heterocycles. The summed E-state index contributed by atoms with van der Waals surface area (Å²) in [6, 6.07) is 0. The van der Waals surface area contributed by atoms with Crippen molar-refractivity contribution in [2.45, 2.75) is 25.0 Å². The lowest BCUT2D eigenvalue weighted by Gasteiger charge is -1.97. The summed E-state index contributed by atoms with van der Waals surface area (Å²) in [6.07, 6.45) is 2.76. The van der Waals surface area contributed by atoms with Crippen molar-refractivity contribution in [3.8, 4) is 0 Å². The Balaban J connectivity index is 2.48. The van der Waals surface area contributed by atoms with E-state index in [4.69, 9.17) is 11.2 Å². The minimum atomic E-state index is 0.366. The van der Waals surface area contributed by atoms with Crippen LogP contribution in [0.4, 0.5) is 0 Å². The van der Waals surface area contributed by atoms with Gasteiger partial charge in [0.1, 0.15) is 0 Å². The third kappa shape index (κ3) is 1.23. The van der Waals surface area contributed by atoms with Crippen LogP contribution in [0.2, 0.25) is 0 Å². The highest BCUT2D eigenvalue weighted by molar-refractivity contribution is 8.29. The Morgan fingerprint density at radius 3 is 2.57 bits per heavy atom. The highest BCUT2D eigenvalue weighted by atomic mass is 32.8. The van der Waals surface area contributed by atoms with Crippen LogP contribution in [0, 0.1) is 0 Å². The summed E-state index contributed by atoms with van der Waals surface area (Å²) in [7, 11) is 0.366. The third-order valence-corrected chi connectivity index (χ3v) is 4.71. The number of hydrogen-bond acceptors (Lipinski definition) is 1. The first kappa shape index (κ1) is 5.70. The standard InChI is InChI=1S/C5H10S2/c1-5-3-2-4-7(5)6/h5H,2-4H2,1H3. The Labute approximate surface area is 51.9 Å². The van der Waals surface area contributed by atoms with Crippen molar-refractivity contribution in [2.75, 3.05) is 5.75 Å². The Kier molecular flexibility index (Phi) is 1.81. The Hall–Kier alpha value is 0.570. The summed E-state index contributed by atoms with van der Waals surface area (Å²) in [5, 5.41) is 0.856. The van der Waals surface area contributed by atoms with E-state index in [-0.39, 0.29) is 0 Å². The molecule has 0 saturated carbocycles. The molecule has 2 unspecified atom stereocenters. The van der Waals surface area contributed by atoms with Crippen molar-refractivity contribution < 1.29 is 0 Å². The summed E-state index contributed by atoms with van der Waals surface area (Å²) in [5.74, 6) is 1.32. The Morgan fingerprint density at radius 2 is 2.43 bits per heavy atom. The summed E-state index contributed by atoms with van der Waals surface area (Å²) in [6.45, 7) is 2.27. The van der Waals surface area contributed by atoms with Crippen LogP contribution in [0.5, 0.6) is 0 Å². The molecule has 0 spiro atoms. The minimum absolute atomic E-state index is 0.366. The van der Waals surface area contributed by atoms with Gasteiger partial charge in [0, 0.05) is 5.25 Å². The van der Waals surface area contributed by atoms with Crippen molar-refractivity contribution in [3.63, 3.8) is 0 Å². The van der Waals surface area contributed by atoms with Crippen LogP contribution in [0.25, 0.3) is 0 Å². The van der Waals surface area contributed by atoms with E-state index in [1.165, 1.54) is 18.6 Å². The second-order valence-corrected chi connectivity index (χ2v) is 5.30. The number of hydrogen-bond donors (Lipinski definition) is 0. The van der Waals surface area contributed by atoms with Gasteiger partial charge in [-0.15, -0.1) is 9.45 Å². The predicted molar refractivity (Wildman–Crippen MR) is 38.3 cm³/mol. The van der Waals surface area contributed by atoms with Crippen molar-refractivity contribution in [2.24, 2.45) is 0 Å². The molecule has 42 valence electrons. The summed E-state index contributed by atoms with van der Waals surface area (Å²) >= 11 is 5.15. The van der Waals surface area contributed by atoms with Gasteiger partial charge in [0.25, 0.3) is 0 Å². The SMILES string of the molecule is CC1CCCS1=S. The van der Waals surface area contributed by atoms with Crippen LogP contribution >= 0.6 is 0 Å². The summed E-state index contributed by atoms with van der Waals surface area (Å²) in [4.78, 5) is 0. The maximum Gasteiger partial charge on any atom is 0.00654 e. The molecule has 0 aliphatic carbocycles. The number of rotatable bonds is 0. The van der Waals surface area contributed by atoms with Crippen molar-refractivity contribution in [3.05, 3.63) is 0 Å². The fourth-order valence-corrected chi connectivity index (χ4v) is 2.77. The van der Waals surface area contributed by atoms with Crippen LogP contribution < -0.4 is 0 Å². The smallest absolute Gasteiger partial charge is 0.00654 e. The van der Waals surface area contributed by atoms with Crippen LogP contribution in [0.1, 0.15) is 19.8 Å². The van der Waals surface area contributed by atoms with E-state index < -0.39 is 0 Å². The average molecular weight is 134 g/mol. The van der Waals surface area contributed by atoms with E-state index in [0.717, 1.165) is 5.25 Å². The van der Waals surface area contributed by atoms with Gasteiger partial charge in [-0.3, -0.25) is 0 Å². The molecular formula is C5H10S2. The van der Waals surface area contributed by atoms with Crippen LogP contribution in [-0.2, 0) is 20.6 Å². The molecule has 7 heavy (non-hydrogen) atoms. The van der Waals surface area contributed by atoms with Gasteiger partial charge in [-0.05, 0) is 18.6 Å². The van der Waals surface area contributed by atoms with Crippen molar-refractivity contribution in [1.29, 1.82) is 0 Å². The Morgan fingerprint density at radius 1 is 1.71 bits per heavy atom. The zero-order chi connectivity index (χ0) is 5.28. The predicted octanol–water partition coefficient (Wildman–Crippen LogP) is 1.25.